The first-order valence-corrected chi connectivity index (χ1v) is 29.6. The van der Waals surface area contributed by atoms with Gasteiger partial charge >= 0.3 is 0 Å². The van der Waals surface area contributed by atoms with Gasteiger partial charge in [0.25, 0.3) is 0 Å². The number of aryl methyl sites for hydroxylation is 2. The fourth-order valence-corrected chi connectivity index (χ4v) is 16.4. The van der Waals surface area contributed by atoms with E-state index < -0.39 is 10.8 Å². The molecule has 0 unspecified atom stereocenters. The van der Waals surface area contributed by atoms with Crippen molar-refractivity contribution < 1.29 is 4.42 Å². The van der Waals surface area contributed by atoms with Gasteiger partial charge in [-0.25, -0.2) is 0 Å². The van der Waals surface area contributed by atoms with E-state index in [0.29, 0.717) is 0 Å². The molecular weight excluding hydrogens is 971 g/mol. The maximum absolute atomic E-state index is 12.1. The summed E-state index contributed by atoms with van der Waals surface area (Å²) in [5, 5.41) is 30.9. The summed E-state index contributed by atoms with van der Waals surface area (Å²) in [5.74, 6) is 0. The monoisotopic (exact) mass is 1050 g/mol. The van der Waals surface area contributed by atoms with Crippen molar-refractivity contribution in [2.24, 2.45) is 21.7 Å². The number of rotatable bonds is 5. The van der Waals surface area contributed by atoms with Crippen molar-refractivity contribution in [1.82, 2.24) is 4.40 Å². The predicted octanol–water partition coefficient (Wildman–Crippen LogP) is 21.6. The molecule has 0 saturated carbocycles. The summed E-state index contributed by atoms with van der Waals surface area (Å²) in [5.41, 5.74) is 21.7. The Morgan fingerprint density at radius 1 is 0.450 bits per heavy atom. The minimum atomic E-state index is -0.489. The number of hydrogen-bond acceptors (Lipinski definition) is 3. The van der Waals surface area contributed by atoms with E-state index >= 15 is 0 Å². The average Bonchev–Trinajstić information content (AvgIpc) is 2.46. The average molecular weight is 1050 g/mol. The molecule has 80 heavy (non-hydrogen) atoms. The zero-order valence-electron chi connectivity index (χ0n) is 51.7. The SMILES string of the molecule is Cc1cccc(C)c1-c1c2oc3ccccc3c2c2c3c4c(c(C#N)cc3n3c5cc(C#N)c6c(c5c1c23)-c1ccc(C(C)(C)C)cc1C6(CC(C)(C)C)CC(C)(C)C)C(CC(C)(C)C)(CC(C)(C)C)c1cc(C(C)(C)C)ccc1-4. The highest BCUT2D eigenvalue weighted by Crippen LogP contribution is 2.66. The Bertz CT molecular complexity index is 4340. The van der Waals surface area contributed by atoms with Crippen molar-refractivity contribution in [3.63, 3.8) is 0 Å². The van der Waals surface area contributed by atoms with Gasteiger partial charge in [0.15, 0.2) is 0 Å². The van der Waals surface area contributed by atoms with Crippen molar-refractivity contribution in [3.05, 3.63) is 147 Å². The molecule has 2 aliphatic rings. The molecule has 0 amide bonds. The fourth-order valence-electron chi connectivity index (χ4n) is 16.4. The van der Waals surface area contributed by atoms with Crippen molar-refractivity contribution in [1.29, 1.82) is 10.5 Å². The van der Waals surface area contributed by atoms with E-state index in [2.05, 4.69) is 246 Å². The summed E-state index contributed by atoms with van der Waals surface area (Å²) in [7, 11) is 0. The number of furan rings is 1. The quantitative estimate of drug-likeness (QED) is 0.172. The molecule has 7 aromatic carbocycles. The maximum atomic E-state index is 12.1. The maximum Gasteiger partial charge on any atom is 0.144 e. The molecule has 0 radical (unpaired) electrons. The lowest BCUT2D eigenvalue weighted by molar-refractivity contribution is 0.214. The number of aromatic nitrogens is 1. The fraction of sp³-hybridized carbons (Fsp3) is 0.421. The molecule has 0 saturated heterocycles. The first-order valence-electron chi connectivity index (χ1n) is 29.6. The standard InChI is InChI=1S/C76H83N3O/c1-42-24-23-25-43(2)56(42)64-63-61-54(33-45(37-78)66-58(61)49-31-29-47(74(18,19)20)35-52(49)76(66,40-71(9,10)11)41-72(12,13)14)79-53-32-44(36-77)65-57(60(53)62(67(63)79)59-50-26-21-22-27-55(50)80-68(59)64)48-30-28-46(73(15,16)17)34-51(48)75(65,38-69(3,4)5)39-70(6,7)8/h21-35H,38-41H2,1-20H3. The Morgan fingerprint density at radius 3 is 1.29 bits per heavy atom. The van der Waals surface area contributed by atoms with Gasteiger partial charge in [0.1, 0.15) is 11.2 Å². The second-order valence-corrected chi connectivity index (χ2v) is 31.9. The van der Waals surface area contributed by atoms with E-state index in [4.69, 9.17) is 4.42 Å². The molecule has 0 aliphatic heterocycles. The topological polar surface area (TPSA) is 65.1 Å². The van der Waals surface area contributed by atoms with Crippen LogP contribution in [0.4, 0.5) is 0 Å². The van der Waals surface area contributed by atoms with Crippen LogP contribution in [0.5, 0.6) is 0 Å². The van der Waals surface area contributed by atoms with Gasteiger partial charge in [-0.1, -0.05) is 197 Å². The minimum absolute atomic E-state index is 0.0867. The third-order valence-corrected chi connectivity index (χ3v) is 18.2. The molecule has 0 N–H and O–H groups in total. The Labute approximate surface area is 476 Å². The zero-order chi connectivity index (χ0) is 57.7. The van der Waals surface area contributed by atoms with Crippen LogP contribution in [-0.4, -0.2) is 4.40 Å². The van der Waals surface area contributed by atoms with Gasteiger partial charge in [0.2, 0.25) is 0 Å². The Kier molecular flexibility index (Phi) is 11.3. The molecule has 408 valence electrons. The normalized spacial score (nSPS) is 15.4. The molecule has 0 spiro atoms. The van der Waals surface area contributed by atoms with E-state index in [1.54, 1.807) is 0 Å². The highest BCUT2D eigenvalue weighted by Gasteiger charge is 2.53. The molecule has 4 nitrogen and oxygen atoms in total. The molecule has 0 fully saturated rings. The van der Waals surface area contributed by atoms with Crippen LogP contribution < -0.4 is 0 Å². The van der Waals surface area contributed by atoms with Crippen LogP contribution in [0, 0.1) is 58.2 Å². The number of para-hydroxylation sites is 1. The van der Waals surface area contributed by atoms with Crippen molar-refractivity contribution >= 4 is 60.0 Å². The summed E-state index contributed by atoms with van der Waals surface area (Å²) in [6, 6.07) is 40.3. The molecule has 4 heteroatoms. The van der Waals surface area contributed by atoms with Gasteiger partial charge in [-0.2, -0.15) is 10.5 Å². The van der Waals surface area contributed by atoms with Crippen LogP contribution >= 0.6 is 0 Å². The number of nitrogens with zero attached hydrogens (tertiary/aromatic N) is 3. The lowest BCUT2D eigenvalue weighted by Crippen LogP contribution is -2.36. The summed E-state index contributed by atoms with van der Waals surface area (Å²) in [4.78, 5) is 0. The highest BCUT2D eigenvalue weighted by atomic mass is 16.3. The van der Waals surface area contributed by atoms with Gasteiger partial charge < -0.3 is 8.82 Å². The number of nitriles is 2. The summed E-state index contributed by atoms with van der Waals surface area (Å²) in [6.07, 6.45) is 3.48. The van der Waals surface area contributed by atoms with Crippen LogP contribution in [0.3, 0.4) is 0 Å². The van der Waals surface area contributed by atoms with E-state index in [-0.39, 0.29) is 32.5 Å². The van der Waals surface area contributed by atoms with Crippen LogP contribution in [0.2, 0.25) is 0 Å². The lowest BCUT2D eigenvalue weighted by atomic mass is 9.60. The molecule has 3 aromatic heterocycles. The first kappa shape index (κ1) is 53.7. The zero-order valence-corrected chi connectivity index (χ0v) is 51.7. The second-order valence-electron chi connectivity index (χ2n) is 31.9. The van der Waals surface area contributed by atoms with Gasteiger partial charge in [-0.3, -0.25) is 0 Å². The van der Waals surface area contributed by atoms with Gasteiger partial charge in [-0.05, 0) is 163 Å². The molecule has 2 aliphatic carbocycles. The summed E-state index contributed by atoms with van der Waals surface area (Å²) in [6.45, 7) is 47.0. The Morgan fingerprint density at radius 2 is 0.875 bits per heavy atom. The van der Waals surface area contributed by atoms with E-state index in [1.165, 1.54) is 61.2 Å². The third-order valence-electron chi connectivity index (χ3n) is 18.2. The van der Waals surface area contributed by atoms with Gasteiger partial charge in [0, 0.05) is 48.7 Å². The molecule has 0 bridgehead atoms. The van der Waals surface area contributed by atoms with Crippen LogP contribution in [-0.2, 0) is 21.7 Å². The van der Waals surface area contributed by atoms with Gasteiger partial charge in [-0.15, -0.1) is 0 Å². The largest absolute Gasteiger partial charge is 0.455 e. The highest BCUT2D eigenvalue weighted by molar-refractivity contribution is 6.42. The number of benzene rings is 7. The molecule has 10 aromatic rings. The molecular formula is C76H83N3O. The van der Waals surface area contributed by atoms with E-state index in [0.717, 1.165) is 114 Å². The van der Waals surface area contributed by atoms with Crippen LogP contribution in [0.1, 0.15) is 206 Å². The van der Waals surface area contributed by atoms with Crippen LogP contribution in [0.25, 0.3) is 93.4 Å². The van der Waals surface area contributed by atoms with Crippen molar-refractivity contribution in [3.8, 4) is 45.5 Å². The summed E-state index contributed by atoms with van der Waals surface area (Å²) < 4.78 is 10.1. The summed E-state index contributed by atoms with van der Waals surface area (Å²) >= 11 is 0. The van der Waals surface area contributed by atoms with Crippen molar-refractivity contribution in [2.75, 3.05) is 0 Å². The van der Waals surface area contributed by atoms with Crippen LogP contribution in [0.15, 0.2) is 95.4 Å². The predicted molar refractivity (Wildman–Crippen MR) is 339 cm³/mol. The van der Waals surface area contributed by atoms with E-state index in [1.807, 2.05) is 0 Å². The molecule has 0 atom stereocenters. The minimum Gasteiger partial charge on any atom is -0.455 e. The second kappa shape index (κ2) is 16.9. The first-order chi connectivity index (χ1) is 37.1. The number of hydrogen-bond donors (Lipinski definition) is 0. The Hall–Kier alpha value is -6.88. The van der Waals surface area contributed by atoms with Crippen molar-refractivity contribution in [2.45, 2.75) is 186 Å². The van der Waals surface area contributed by atoms with E-state index in [9.17, 15) is 10.5 Å². The molecule has 12 rings (SSSR count). The lowest BCUT2D eigenvalue weighted by Gasteiger charge is -2.42. The number of fused-ring (bicyclic) bond motifs is 18. The smallest absolute Gasteiger partial charge is 0.144 e. The van der Waals surface area contributed by atoms with Gasteiger partial charge in [0.05, 0.1) is 39.8 Å². The molecule has 3 heterocycles. The Balaban J connectivity index is 1.43. The third kappa shape index (κ3) is 7.77.